The molecule has 8 nitrogen and oxygen atoms in total. The average Bonchev–Trinajstić information content (AvgIpc) is 2.72. The zero-order valence-corrected chi connectivity index (χ0v) is 15.3. The van der Waals surface area contributed by atoms with E-state index in [9.17, 15) is 4.79 Å². The molecule has 1 aliphatic rings. The van der Waals surface area contributed by atoms with Crippen LogP contribution in [0.3, 0.4) is 0 Å². The number of aromatic nitrogens is 3. The molecule has 2 aromatic heterocycles. The molecule has 0 unspecified atom stereocenters. The van der Waals surface area contributed by atoms with Crippen molar-refractivity contribution in [3.05, 3.63) is 65.9 Å². The lowest BCUT2D eigenvalue weighted by atomic mass is 10.2. The molecule has 142 valence electrons. The van der Waals surface area contributed by atoms with Gasteiger partial charge in [0, 0.05) is 36.8 Å². The third kappa shape index (κ3) is 4.17. The van der Waals surface area contributed by atoms with Gasteiger partial charge in [0.1, 0.15) is 30.5 Å². The third-order valence-electron chi connectivity index (χ3n) is 4.07. The second-order valence-electron chi connectivity index (χ2n) is 6.21. The van der Waals surface area contributed by atoms with Crippen LogP contribution in [0.1, 0.15) is 21.9 Å². The van der Waals surface area contributed by atoms with Crippen LogP contribution in [-0.4, -0.2) is 34.1 Å². The molecule has 0 saturated heterocycles. The summed E-state index contributed by atoms with van der Waals surface area (Å²) in [5, 5.41) is 6.03. The Bertz CT molecular complexity index is 994. The minimum atomic E-state index is -0.327. The zero-order valence-electron chi connectivity index (χ0n) is 15.3. The predicted octanol–water partition coefficient (Wildman–Crippen LogP) is 2.82. The second-order valence-corrected chi connectivity index (χ2v) is 6.21. The number of amides is 1. The van der Waals surface area contributed by atoms with E-state index < -0.39 is 0 Å². The summed E-state index contributed by atoms with van der Waals surface area (Å²) in [5.41, 5.74) is 1.90. The number of nitrogens with one attached hydrogen (secondary N) is 2. The van der Waals surface area contributed by atoms with Crippen molar-refractivity contribution in [1.29, 1.82) is 0 Å². The van der Waals surface area contributed by atoms with Crippen LogP contribution in [0, 0.1) is 6.92 Å². The molecule has 0 radical (unpaired) electrons. The van der Waals surface area contributed by atoms with Crippen LogP contribution in [0.25, 0.3) is 0 Å². The van der Waals surface area contributed by atoms with E-state index >= 15 is 0 Å². The van der Waals surface area contributed by atoms with Gasteiger partial charge in [0.15, 0.2) is 11.5 Å². The van der Waals surface area contributed by atoms with Crippen LogP contribution in [-0.2, 0) is 6.54 Å². The summed E-state index contributed by atoms with van der Waals surface area (Å²) in [5.74, 6) is 2.03. The smallest absolute Gasteiger partial charge is 0.274 e. The molecule has 1 amide bonds. The third-order valence-corrected chi connectivity index (χ3v) is 4.07. The first-order valence-electron chi connectivity index (χ1n) is 8.87. The fourth-order valence-corrected chi connectivity index (χ4v) is 2.79. The highest BCUT2D eigenvalue weighted by Gasteiger charge is 2.15. The Hall–Kier alpha value is -3.68. The Morgan fingerprint density at radius 1 is 1.11 bits per heavy atom. The molecule has 0 spiro atoms. The maximum Gasteiger partial charge on any atom is 0.274 e. The largest absolute Gasteiger partial charge is 0.486 e. The van der Waals surface area contributed by atoms with Crippen molar-refractivity contribution in [2.24, 2.45) is 0 Å². The summed E-state index contributed by atoms with van der Waals surface area (Å²) in [4.78, 5) is 25.3. The highest BCUT2D eigenvalue weighted by Crippen LogP contribution is 2.32. The van der Waals surface area contributed by atoms with Crippen molar-refractivity contribution in [3.8, 4) is 11.5 Å². The van der Waals surface area contributed by atoms with Crippen LogP contribution in [0.2, 0.25) is 0 Å². The number of benzene rings is 1. The number of rotatable bonds is 5. The first kappa shape index (κ1) is 17.7. The minimum absolute atomic E-state index is 0.274. The van der Waals surface area contributed by atoms with E-state index in [1.54, 1.807) is 43.6 Å². The lowest BCUT2D eigenvalue weighted by Gasteiger charge is -2.19. The van der Waals surface area contributed by atoms with Gasteiger partial charge in [-0.2, -0.15) is 0 Å². The van der Waals surface area contributed by atoms with Crippen molar-refractivity contribution < 1.29 is 14.3 Å². The number of carbonyl (C=O) groups is 1. The topological polar surface area (TPSA) is 98.3 Å². The van der Waals surface area contributed by atoms with Gasteiger partial charge < -0.3 is 20.1 Å². The van der Waals surface area contributed by atoms with Crippen molar-refractivity contribution in [1.82, 2.24) is 15.0 Å². The molecule has 4 rings (SSSR count). The number of aryl methyl sites for hydroxylation is 1. The van der Waals surface area contributed by atoms with E-state index in [-0.39, 0.29) is 11.6 Å². The molecule has 2 N–H and O–H groups in total. The Morgan fingerprint density at radius 3 is 2.79 bits per heavy atom. The van der Waals surface area contributed by atoms with Crippen molar-refractivity contribution >= 4 is 17.4 Å². The van der Waals surface area contributed by atoms with Gasteiger partial charge in [-0.3, -0.25) is 9.78 Å². The quantitative estimate of drug-likeness (QED) is 0.705. The van der Waals surface area contributed by atoms with E-state index in [0.717, 1.165) is 5.56 Å². The van der Waals surface area contributed by atoms with Gasteiger partial charge in [0.25, 0.3) is 5.91 Å². The predicted molar refractivity (Wildman–Crippen MR) is 104 cm³/mol. The molecule has 0 atom stereocenters. The number of hydrogen-bond acceptors (Lipinski definition) is 7. The molecule has 3 aromatic rings. The lowest BCUT2D eigenvalue weighted by Crippen LogP contribution is -2.17. The molecule has 0 aliphatic carbocycles. The van der Waals surface area contributed by atoms with E-state index in [4.69, 9.17) is 9.47 Å². The highest BCUT2D eigenvalue weighted by molar-refractivity contribution is 6.03. The molecule has 28 heavy (non-hydrogen) atoms. The fraction of sp³-hybridized carbons (Fsp3) is 0.200. The van der Waals surface area contributed by atoms with Gasteiger partial charge in [-0.05, 0) is 30.7 Å². The lowest BCUT2D eigenvalue weighted by molar-refractivity contribution is 0.102. The van der Waals surface area contributed by atoms with Crippen LogP contribution < -0.4 is 20.1 Å². The van der Waals surface area contributed by atoms with Gasteiger partial charge in [-0.15, -0.1) is 0 Å². The molecular formula is C20H19N5O3. The molecule has 0 fully saturated rings. The normalized spacial score (nSPS) is 12.3. The highest BCUT2D eigenvalue weighted by atomic mass is 16.6. The van der Waals surface area contributed by atoms with E-state index in [1.165, 1.54) is 0 Å². The molecule has 3 heterocycles. The van der Waals surface area contributed by atoms with Crippen LogP contribution in [0.5, 0.6) is 11.5 Å². The van der Waals surface area contributed by atoms with Crippen LogP contribution in [0.4, 0.5) is 11.5 Å². The van der Waals surface area contributed by atoms with Gasteiger partial charge in [-0.25, -0.2) is 9.97 Å². The molecule has 1 aromatic carbocycles. The number of pyridine rings is 1. The van der Waals surface area contributed by atoms with E-state index in [1.807, 2.05) is 12.1 Å². The Balaban J connectivity index is 1.47. The van der Waals surface area contributed by atoms with Crippen molar-refractivity contribution in [3.63, 3.8) is 0 Å². The number of anilines is 2. The van der Waals surface area contributed by atoms with E-state index in [2.05, 4.69) is 25.6 Å². The molecular weight excluding hydrogens is 358 g/mol. The second kappa shape index (κ2) is 7.91. The maximum atomic E-state index is 12.6. The van der Waals surface area contributed by atoms with Crippen molar-refractivity contribution in [2.75, 3.05) is 23.8 Å². The van der Waals surface area contributed by atoms with Gasteiger partial charge in [-0.1, -0.05) is 6.07 Å². The molecule has 0 bridgehead atoms. The number of nitrogens with zero attached hydrogens (tertiary/aromatic N) is 3. The first-order valence-corrected chi connectivity index (χ1v) is 8.87. The number of ether oxygens (including phenoxy) is 2. The van der Waals surface area contributed by atoms with Crippen LogP contribution >= 0.6 is 0 Å². The number of carbonyl (C=O) groups excluding carboxylic acids is 1. The standard InChI is InChI=1S/C20H19N5O3/c1-13-23-16(10-19(24-13)22-12-14-3-2-6-21-11-14)20(26)25-15-4-5-17-18(9-15)28-8-7-27-17/h2-6,9-11H,7-8,12H2,1H3,(H,25,26)(H,22,23,24). The first-order chi connectivity index (χ1) is 13.7. The SMILES string of the molecule is Cc1nc(NCc2cccnc2)cc(C(=O)Nc2ccc3c(c2)OCCO3)n1. The summed E-state index contributed by atoms with van der Waals surface area (Å²) < 4.78 is 11.0. The van der Waals surface area contributed by atoms with Crippen LogP contribution in [0.15, 0.2) is 48.8 Å². The number of hydrogen-bond donors (Lipinski definition) is 2. The van der Waals surface area contributed by atoms with Gasteiger partial charge in [0.2, 0.25) is 0 Å². The molecule has 1 aliphatic heterocycles. The Kier molecular flexibility index (Phi) is 5.01. The van der Waals surface area contributed by atoms with E-state index in [0.29, 0.717) is 48.6 Å². The summed E-state index contributed by atoms with van der Waals surface area (Å²) in [6, 6.07) is 10.7. The average molecular weight is 377 g/mol. The minimum Gasteiger partial charge on any atom is -0.486 e. The summed E-state index contributed by atoms with van der Waals surface area (Å²) in [6.07, 6.45) is 3.50. The maximum absolute atomic E-state index is 12.6. The Labute approximate surface area is 162 Å². The fourth-order valence-electron chi connectivity index (χ4n) is 2.79. The Morgan fingerprint density at radius 2 is 1.96 bits per heavy atom. The monoisotopic (exact) mass is 377 g/mol. The van der Waals surface area contributed by atoms with Crippen molar-refractivity contribution in [2.45, 2.75) is 13.5 Å². The molecule has 0 saturated carbocycles. The zero-order chi connectivity index (χ0) is 19.3. The summed E-state index contributed by atoms with van der Waals surface area (Å²) >= 11 is 0. The summed E-state index contributed by atoms with van der Waals surface area (Å²) in [6.45, 7) is 3.30. The summed E-state index contributed by atoms with van der Waals surface area (Å²) in [7, 11) is 0. The number of fused-ring (bicyclic) bond motifs is 1. The van der Waals surface area contributed by atoms with Gasteiger partial charge in [0.05, 0.1) is 0 Å². The van der Waals surface area contributed by atoms with Gasteiger partial charge >= 0.3 is 0 Å². The molecule has 8 heteroatoms.